The second-order valence-electron chi connectivity index (χ2n) is 4.36. The van der Waals surface area contributed by atoms with Crippen LogP contribution in [0.1, 0.15) is 28.4 Å². The largest absolute Gasteiger partial charge is 0.493 e. The molecule has 4 heteroatoms. The molecule has 2 aromatic carbocycles. The van der Waals surface area contributed by atoms with Gasteiger partial charge in [-0.1, -0.05) is 29.3 Å². The number of benzene rings is 2. The van der Waals surface area contributed by atoms with Gasteiger partial charge in [-0.25, -0.2) is 4.39 Å². The molecule has 2 nitrogen and oxygen atoms in total. The Morgan fingerprint density at radius 3 is 2.70 bits per heavy atom. The fraction of sp³-hybridized carbons (Fsp3) is 0.188. The molecule has 0 bridgehead atoms. The SMILES string of the molecule is CCOc1ccc(C)cc1C(=O)c1cccc(Cl)c1F. The molecular formula is C16H14ClFO2. The maximum Gasteiger partial charge on any atom is 0.199 e. The first-order chi connectivity index (χ1) is 9.54. The molecule has 0 aromatic heterocycles. The van der Waals surface area contributed by atoms with Gasteiger partial charge in [0.2, 0.25) is 0 Å². The molecule has 0 saturated heterocycles. The number of carbonyl (C=O) groups is 1. The standard InChI is InChI=1S/C16H14ClFO2/c1-3-20-14-8-7-10(2)9-12(14)16(19)11-5-4-6-13(17)15(11)18/h4-9H,3H2,1-2H3. The number of ether oxygens (including phenoxy) is 1. The smallest absolute Gasteiger partial charge is 0.199 e. The summed E-state index contributed by atoms with van der Waals surface area (Å²) in [6, 6.07) is 9.63. The fourth-order valence-electron chi connectivity index (χ4n) is 1.93. The van der Waals surface area contributed by atoms with Crippen LogP contribution in [0.2, 0.25) is 5.02 Å². The van der Waals surface area contributed by atoms with Gasteiger partial charge in [0.15, 0.2) is 11.6 Å². The second kappa shape index (κ2) is 6.06. The van der Waals surface area contributed by atoms with Gasteiger partial charge in [-0.05, 0) is 38.1 Å². The molecule has 0 aliphatic rings. The number of carbonyl (C=O) groups excluding carboxylic acids is 1. The normalized spacial score (nSPS) is 10.4. The molecule has 2 aromatic rings. The monoisotopic (exact) mass is 292 g/mol. The zero-order valence-corrected chi connectivity index (χ0v) is 12.0. The van der Waals surface area contributed by atoms with Crippen molar-refractivity contribution in [3.63, 3.8) is 0 Å². The zero-order chi connectivity index (χ0) is 14.7. The summed E-state index contributed by atoms with van der Waals surface area (Å²) in [6.45, 7) is 4.12. The van der Waals surface area contributed by atoms with E-state index in [1.165, 1.54) is 12.1 Å². The highest BCUT2D eigenvalue weighted by Crippen LogP contribution is 2.26. The van der Waals surface area contributed by atoms with Crippen LogP contribution in [0.4, 0.5) is 4.39 Å². The molecule has 0 amide bonds. The Morgan fingerprint density at radius 1 is 1.25 bits per heavy atom. The summed E-state index contributed by atoms with van der Waals surface area (Å²) >= 11 is 5.72. The third kappa shape index (κ3) is 2.83. The Bertz CT molecular complexity index is 653. The number of rotatable bonds is 4. The summed E-state index contributed by atoms with van der Waals surface area (Å²) in [7, 11) is 0. The van der Waals surface area contributed by atoms with Gasteiger partial charge in [0.05, 0.1) is 22.8 Å². The minimum atomic E-state index is -0.705. The molecule has 2 rings (SSSR count). The Hall–Kier alpha value is -1.87. The number of halogens is 2. The van der Waals surface area contributed by atoms with Crippen LogP contribution in [-0.2, 0) is 0 Å². The van der Waals surface area contributed by atoms with E-state index in [2.05, 4.69) is 0 Å². The van der Waals surface area contributed by atoms with E-state index in [1.807, 2.05) is 19.9 Å². The third-order valence-corrected chi connectivity index (χ3v) is 3.17. The molecule has 104 valence electrons. The zero-order valence-electron chi connectivity index (χ0n) is 11.2. The number of ketones is 1. The van der Waals surface area contributed by atoms with Crippen LogP contribution in [0.25, 0.3) is 0 Å². The number of hydrogen-bond acceptors (Lipinski definition) is 2. The Kier molecular flexibility index (Phi) is 4.40. The summed E-state index contributed by atoms with van der Waals surface area (Å²) in [5.74, 6) is -0.692. The maximum atomic E-state index is 14.0. The minimum Gasteiger partial charge on any atom is -0.493 e. The van der Waals surface area contributed by atoms with Crippen molar-refractivity contribution in [3.8, 4) is 5.75 Å². The van der Waals surface area contributed by atoms with Gasteiger partial charge in [-0.15, -0.1) is 0 Å². The average molecular weight is 293 g/mol. The van der Waals surface area contributed by atoms with Crippen molar-refractivity contribution in [2.75, 3.05) is 6.61 Å². The highest BCUT2D eigenvalue weighted by molar-refractivity contribution is 6.31. The van der Waals surface area contributed by atoms with Gasteiger partial charge < -0.3 is 4.74 Å². The first-order valence-corrected chi connectivity index (χ1v) is 6.64. The van der Waals surface area contributed by atoms with Crippen LogP contribution < -0.4 is 4.74 Å². The van der Waals surface area contributed by atoms with Crippen molar-refractivity contribution >= 4 is 17.4 Å². The maximum absolute atomic E-state index is 14.0. The van der Waals surface area contributed by atoms with E-state index in [0.29, 0.717) is 17.9 Å². The molecule has 0 unspecified atom stereocenters. The minimum absolute atomic E-state index is 0.0518. The molecule has 0 N–H and O–H groups in total. The lowest BCUT2D eigenvalue weighted by molar-refractivity contribution is 0.103. The van der Waals surface area contributed by atoms with Gasteiger partial charge in [-0.2, -0.15) is 0 Å². The third-order valence-electron chi connectivity index (χ3n) is 2.88. The Labute approximate surface area is 122 Å². The van der Waals surface area contributed by atoms with Crippen molar-refractivity contribution in [1.29, 1.82) is 0 Å². The topological polar surface area (TPSA) is 26.3 Å². The summed E-state index contributed by atoms with van der Waals surface area (Å²) in [6.07, 6.45) is 0. The summed E-state index contributed by atoms with van der Waals surface area (Å²) < 4.78 is 19.4. The van der Waals surface area contributed by atoms with E-state index in [0.717, 1.165) is 5.56 Å². The highest BCUT2D eigenvalue weighted by Gasteiger charge is 2.19. The van der Waals surface area contributed by atoms with Crippen molar-refractivity contribution in [2.45, 2.75) is 13.8 Å². The molecule has 20 heavy (non-hydrogen) atoms. The highest BCUT2D eigenvalue weighted by atomic mass is 35.5. The van der Waals surface area contributed by atoms with Crippen molar-refractivity contribution < 1.29 is 13.9 Å². The van der Waals surface area contributed by atoms with E-state index < -0.39 is 11.6 Å². The molecular weight excluding hydrogens is 279 g/mol. The lowest BCUT2D eigenvalue weighted by atomic mass is 10.00. The van der Waals surface area contributed by atoms with Gasteiger partial charge in [0, 0.05) is 0 Å². The van der Waals surface area contributed by atoms with Gasteiger partial charge in [0.25, 0.3) is 0 Å². The Morgan fingerprint density at radius 2 is 2.00 bits per heavy atom. The van der Waals surface area contributed by atoms with Crippen LogP contribution in [-0.4, -0.2) is 12.4 Å². The van der Waals surface area contributed by atoms with E-state index in [-0.39, 0.29) is 10.6 Å². The average Bonchev–Trinajstić information content (AvgIpc) is 2.43. The van der Waals surface area contributed by atoms with Crippen molar-refractivity contribution in [1.82, 2.24) is 0 Å². The van der Waals surface area contributed by atoms with Crippen LogP contribution in [0.15, 0.2) is 36.4 Å². The first-order valence-electron chi connectivity index (χ1n) is 6.26. The molecule has 0 saturated carbocycles. The van der Waals surface area contributed by atoms with E-state index in [9.17, 15) is 9.18 Å². The number of aryl methyl sites for hydroxylation is 1. The molecule has 0 fully saturated rings. The van der Waals surface area contributed by atoms with Crippen LogP contribution >= 0.6 is 11.6 Å². The molecule has 0 atom stereocenters. The van der Waals surface area contributed by atoms with Crippen LogP contribution in [0.3, 0.4) is 0 Å². The lowest BCUT2D eigenvalue weighted by Gasteiger charge is -2.11. The second-order valence-corrected chi connectivity index (χ2v) is 4.77. The van der Waals surface area contributed by atoms with Crippen molar-refractivity contribution in [3.05, 3.63) is 63.9 Å². The fourth-order valence-corrected chi connectivity index (χ4v) is 2.10. The molecule has 0 aliphatic heterocycles. The Balaban J connectivity index is 2.52. The predicted molar refractivity (Wildman–Crippen MR) is 77.2 cm³/mol. The van der Waals surface area contributed by atoms with E-state index >= 15 is 0 Å². The van der Waals surface area contributed by atoms with Gasteiger partial charge >= 0.3 is 0 Å². The first kappa shape index (κ1) is 14.5. The molecule has 0 heterocycles. The lowest BCUT2D eigenvalue weighted by Crippen LogP contribution is -2.08. The van der Waals surface area contributed by atoms with Crippen molar-refractivity contribution in [2.24, 2.45) is 0 Å². The number of hydrogen-bond donors (Lipinski definition) is 0. The van der Waals surface area contributed by atoms with Crippen LogP contribution in [0.5, 0.6) is 5.75 Å². The quantitative estimate of drug-likeness (QED) is 0.780. The summed E-state index contributed by atoms with van der Waals surface area (Å²) in [5.41, 5.74) is 1.19. The summed E-state index contributed by atoms with van der Waals surface area (Å²) in [4.78, 5) is 12.5. The molecule has 0 aliphatic carbocycles. The summed E-state index contributed by atoms with van der Waals surface area (Å²) in [5, 5.41) is -0.0681. The van der Waals surface area contributed by atoms with Gasteiger partial charge in [-0.3, -0.25) is 4.79 Å². The molecule has 0 spiro atoms. The van der Waals surface area contributed by atoms with Crippen LogP contribution in [0, 0.1) is 12.7 Å². The van der Waals surface area contributed by atoms with Gasteiger partial charge in [0.1, 0.15) is 5.75 Å². The van der Waals surface area contributed by atoms with E-state index in [1.54, 1.807) is 18.2 Å². The van der Waals surface area contributed by atoms with E-state index in [4.69, 9.17) is 16.3 Å². The predicted octanol–water partition coefficient (Wildman–Crippen LogP) is 4.42. The molecule has 0 radical (unpaired) electrons.